The number of rotatable bonds is 3. The van der Waals surface area contributed by atoms with E-state index in [1.54, 1.807) is 6.07 Å². The van der Waals surface area contributed by atoms with E-state index in [4.69, 9.17) is 0 Å². The van der Waals surface area contributed by atoms with Crippen molar-refractivity contribution in [1.29, 1.82) is 0 Å². The summed E-state index contributed by atoms with van der Waals surface area (Å²) in [4.78, 5) is 10.8. The van der Waals surface area contributed by atoms with Gasteiger partial charge in [-0.05, 0) is 36.8 Å². The smallest absolute Gasteiger partial charge is 0.262 e. The molecular weight excluding hydrogens is 295 g/mol. The first kappa shape index (κ1) is 13.5. The molecule has 0 unspecified atom stereocenters. The molecule has 6 nitrogen and oxygen atoms in total. The Bertz CT molecular complexity index is 921. The van der Waals surface area contributed by atoms with Crippen LogP contribution >= 0.6 is 0 Å². The third-order valence-electron chi connectivity index (χ3n) is 2.95. The molecule has 0 saturated heterocycles. The van der Waals surface area contributed by atoms with Gasteiger partial charge in [-0.1, -0.05) is 0 Å². The van der Waals surface area contributed by atoms with Crippen molar-refractivity contribution in [2.45, 2.75) is 11.8 Å². The largest absolute Gasteiger partial charge is 0.343 e. The van der Waals surface area contributed by atoms with Crippen molar-refractivity contribution in [2.75, 3.05) is 4.72 Å². The number of benzene rings is 1. The molecule has 0 spiro atoms. The average Bonchev–Trinajstić information content (AvgIpc) is 2.85. The molecule has 2 heterocycles. The summed E-state index contributed by atoms with van der Waals surface area (Å²) in [5.41, 5.74) is 1.75. The monoisotopic (exact) mass is 306 g/mol. The zero-order chi connectivity index (χ0) is 15.0. The Hall–Kier alpha value is -2.48. The van der Waals surface area contributed by atoms with Gasteiger partial charge in [0, 0.05) is 0 Å². The molecule has 0 aliphatic heterocycles. The maximum Gasteiger partial charge on any atom is 0.262 e. The first-order valence-electron chi connectivity index (χ1n) is 6.04. The lowest BCUT2D eigenvalue weighted by atomic mass is 10.2. The van der Waals surface area contributed by atoms with Gasteiger partial charge < -0.3 is 4.98 Å². The van der Waals surface area contributed by atoms with Crippen molar-refractivity contribution in [1.82, 2.24) is 15.0 Å². The minimum Gasteiger partial charge on any atom is -0.343 e. The predicted octanol–water partition coefficient (Wildman–Crippen LogP) is 2.21. The van der Waals surface area contributed by atoms with Gasteiger partial charge in [0.25, 0.3) is 10.0 Å². The van der Waals surface area contributed by atoms with Crippen LogP contribution in [-0.4, -0.2) is 23.4 Å². The van der Waals surface area contributed by atoms with Crippen LogP contribution in [0.5, 0.6) is 0 Å². The number of aromatic nitrogens is 3. The number of aryl methyl sites for hydroxylation is 1. The summed E-state index contributed by atoms with van der Waals surface area (Å²) < 4.78 is 40.1. The van der Waals surface area contributed by atoms with Crippen LogP contribution < -0.4 is 4.72 Å². The Labute approximate surface area is 120 Å². The molecule has 21 heavy (non-hydrogen) atoms. The number of anilines is 1. The molecule has 1 aromatic carbocycles. The summed E-state index contributed by atoms with van der Waals surface area (Å²) in [6, 6.07) is 5.10. The van der Waals surface area contributed by atoms with Crippen LogP contribution in [-0.2, 0) is 10.0 Å². The number of pyridine rings is 1. The number of hydrogen-bond donors (Lipinski definition) is 2. The lowest BCUT2D eigenvalue weighted by molar-refractivity contribution is 0.598. The highest BCUT2D eigenvalue weighted by atomic mass is 32.2. The number of hydrogen-bond acceptors (Lipinski definition) is 4. The van der Waals surface area contributed by atoms with Gasteiger partial charge in [0.15, 0.2) is 5.65 Å². The van der Waals surface area contributed by atoms with E-state index < -0.39 is 15.8 Å². The van der Waals surface area contributed by atoms with Gasteiger partial charge in [0.2, 0.25) is 0 Å². The third kappa shape index (κ3) is 2.57. The molecular formula is C13H11FN4O2S. The molecule has 0 aliphatic rings. The van der Waals surface area contributed by atoms with Crippen molar-refractivity contribution in [3.8, 4) is 0 Å². The van der Waals surface area contributed by atoms with E-state index in [1.807, 2.05) is 0 Å². The fraction of sp³-hybridized carbons (Fsp3) is 0.0769. The molecule has 0 saturated carbocycles. The maximum atomic E-state index is 13.1. The predicted molar refractivity (Wildman–Crippen MR) is 75.8 cm³/mol. The standard InChI is InChI=1S/C13H11FN4O2S/c1-8-4-9(14)2-3-12(8)21(19,20)18-10-5-11-13(15-6-10)17-7-16-11/h2-7,18H,1H3,(H,15,16,17). The third-order valence-corrected chi connectivity index (χ3v) is 4.49. The summed E-state index contributed by atoms with van der Waals surface area (Å²) in [5.74, 6) is -0.480. The lowest BCUT2D eigenvalue weighted by Gasteiger charge is -2.10. The number of sulfonamides is 1. The van der Waals surface area contributed by atoms with Gasteiger partial charge >= 0.3 is 0 Å². The zero-order valence-electron chi connectivity index (χ0n) is 11.0. The quantitative estimate of drug-likeness (QED) is 0.776. The molecule has 0 radical (unpaired) electrons. The second-order valence-corrected chi connectivity index (χ2v) is 6.16. The van der Waals surface area contributed by atoms with E-state index in [-0.39, 0.29) is 4.90 Å². The van der Waals surface area contributed by atoms with E-state index >= 15 is 0 Å². The van der Waals surface area contributed by atoms with Gasteiger partial charge in [-0.25, -0.2) is 22.8 Å². The molecule has 0 bridgehead atoms. The topological polar surface area (TPSA) is 87.7 Å². The fourth-order valence-electron chi connectivity index (χ4n) is 2.01. The molecule has 8 heteroatoms. The number of nitrogens with zero attached hydrogens (tertiary/aromatic N) is 2. The summed E-state index contributed by atoms with van der Waals surface area (Å²) in [6.07, 6.45) is 2.85. The first-order valence-corrected chi connectivity index (χ1v) is 7.52. The van der Waals surface area contributed by atoms with Crippen LogP contribution in [0.1, 0.15) is 5.56 Å². The summed E-state index contributed by atoms with van der Waals surface area (Å²) in [7, 11) is -3.80. The normalized spacial score (nSPS) is 11.7. The van der Waals surface area contributed by atoms with Crippen LogP contribution in [0.15, 0.2) is 41.7 Å². The Morgan fingerprint density at radius 3 is 2.81 bits per heavy atom. The van der Waals surface area contributed by atoms with Crippen molar-refractivity contribution < 1.29 is 12.8 Å². The number of nitrogens with one attached hydrogen (secondary N) is 2. The Morgan fingerprint density at radius 1 is 1.24 bits per heavy atom. The number of imidazole rings is 1. The van der Waals surface area contributed by atoms with Crippen LogP contribution in [0.3, 0.4) is 0 Å². The van der Waals surface area contributed by atoms with Gasteiger partial charge in [0.1, 0.15) is 5.82 Å². The lowest BCUT2D eigenvalue weighted by Crippen LogP contribution is -2.14. The van der Waals surface area contributed by atoms with Gasteiger partial charge in [0.05, 0.1) is 28.6 Å². The zero-order valence-corrected chi connectivity index (χ0v) is 11.8. The van der Waals surface area contributed by atoms with Crippen molar-refractivity contribution in [3.05, 3.63) is 48.2 Å². The SMILES string of the molecule is Cc1cc(F)ccc1S(=O)(=O)Nc1cnc2nc[nH]c2c1. The number of halogens is 1. The van der Waals surface area contributed by atoms with Crippen LogP contribution in [0, 0.1) is 12.7 Å². The van der Waals surface area contributed by atoms with Crippen molar-refractivity contribution in [3.63, 3.8) is 0 Å². The van der Waals surface area contributed by atoms with E-state index in [0.29, 0.717) is 22.4 Å². The van der Waals surface area contributed by atoms with Crippen molar-refractivity contribution in [2.24, 2.45) is 0 Å². The summed E-state index contributed by atoms with van der Waals surface area (Å²) in [5, 5.41) is 0. The minimum atomic E-state index is -3.80. The highest BCUT2D eigenvalue weighted by Gasteiger charge is 2.17. The Kier molecular flexibility index (Phi) is 3.09. The highest BCUT2D eigenvalue weighted by molar-refractivity contribution is 7.92. The van der Waals surface area contributed by atoms with Gasteiger partial charge in [-0.2, -0.15) is 0 Å². The van der Waals surface area contributed by atoms with Crippen LogP contribution in [0.25, 0.3) is 11.2 Å². The molecule has 3 aromatic rings. The number of fused-ring (bicyclic) bond motifs is 1. The Morgan fingerprint density at radius 2 is 2.05 bits per heavy atom. The average molecular weight is 306 g/mol. The first-order chi connectivity index (χ1) is 9.95. The number of aromatic amines is 1. The maximum absolute atomic E-state index is 13.1. The van der Waals surface area contributed by atoms with Crippen LogP contribution in [0.4, 0.5) is 10.1 Å². The summed E-state index contributed by atoms with van der Waals surface area (Å²) in [6.45, 7) is 1.54. The minimum absolute atomic E-state index is 0.0219. The molecule has 0 fully saturated rings. The Balaban J connectivity index is 1.98. The second kappa shape index (κ2) is 4.81. The summed E-state index contributed by atoms with van der Waals surface area (Å²) >= 11 is 0. The molecule has 2 aromatic heterocycles. The molecule has 0 amide bonds. The van der Waals surface area contributed by atoms with Crippen LogP contribution in [0.2, 0.25) is 0 Å². The number of H-pyrrole nitrogens is 1. The molecule has 3 rings (SSSR count). The molecule has 108 valence electrons. The van der Waals surface area contributed by atoms with Gasteiger partial charge in [-0.15, -0.1) is 0 Å². The van der Waals surface area contributed by atoms with E-state index in [2.05, 4.69) is 19.7 Å². The van der Waals surface area contributed by atoms with E-state index in [0.717, 1.165) is 6.07 Å². The van der Waals surface area contributed by atoms with E-state index in [1.165, 1.54) is 31.6 Å². The highest BCUT2D eigenvalue weighted by Crippen LogP contribution is 2.21. The van der Waals surface area contributed by atoms with Gasteiger partial charge in [-0.3, -0.25) is 4.72 Å². The van der Waals surface area contributed by atoms with Crippen molar-refractivity contribution >= 4 is 26.9 Å². The van der Waals surface area contributed by atoms with E-state index in [9.17, 15) is 12.8 Å². The molecule has 0 atom stereocenters. The molecule has 2 N–H and O–H groups in total. The molecule has 0 aliphatic carbocycles. The second-order valence-electron chi connectivity index (χ2n) is 4.51. The fourth-order valence-corrected chi connectivity index (χ4v) is 3.27.